The van der Waals surface area contributed by atoms with Gasteiger partial charge in [-0.15, -0.1) is 0 Å². The average molecular weight is 372 g/mol. The van der Waals surface area contributed by atoms with Crippen molar-refractivity contribution in [2.24, 2.45) is 5.92 Å². The van der Waals surface area contributed by atoms with Crippen molar-refractivity contribution in [2.75, 3.05) is 19.6 Å². The third-order valence-corrected chi connectivity index (χ3v) is 6.04. The van der Waals surface area contributed by atoms with Gasteiger partial charge in [0.05, 0.1) is 0 Å². The first-order valence-electron chi connectivity index (χ1n) is 9.78. The zero-order valence-corrected chi connectivity index (χ0v) is 15.9. The molecule has 2 aliphatic heterocycles. The van der Waals surface area contributed by atoms with E-state index in [9.17, 15) is 19.5 Å². The highest BCUT2D eigenvalue weighted by molar-refractivity contribution is 5.88. The molecule has 0 aliphatic carbocycles. The standard InChI is InChI=1S/C21H28N2O4/c1-21(20(26)27)12-5-13-23(21)19(25)17-10-14-22(15-11-17)18(24)9-8-16-6-3-2-4-7-16/h2-4,6-7,17H,5,8-15H2,1H3,(H,26,27). The van der Waals surface area contributed by atoms with Crippen LogP contribution in [0.2, 0.25) is 0 Å². The van der Waals surface area contributed by atoms with Gasteiger partial charge in [0, 0.05) is 32.0 Å². The summed E-state index contributed by atoms with van der Waals surface area (Å²) in [7, 11) is 0. The molecule has 2 saturated heterocycles. The molecule has 2 aliphatic rings. The lowest BCUT2D eigenvalue weighted by atomic mass is 9.92. The van der Waals surface area contributed by atoms with Gasteiger partial charge in [0.25, 0.3) is 0 Å². The normalized spacial score (nSPS) is 23.4. The van der Waals surface area contributed by atoms with E-state index >= 15 is 0 Å². The molecule has 2 amide bonds. The second-order valence-corrected chi connectivity index (χ2v) is 7.81. The molecule has 0 bridgehead atoms. The van der Waals surface area contributed by atoms with E-state index in [1.54, 1.807) is 11.8 Å². The maximum atomic E-state index is 12.9. The monoisotopic (exact) mass is 372 g/mol. The second kappa shape index (κ2) is 8.11. The Morgan fingerprint density at radius 2 is 1.78 bits per heavy atom. The van der Waals surface area contributed by atoms with E-state index < -0.39 is 11.5 Å². The van der Waals surface area contributed by atoms with Crippen molar-refractivity contribution in [1.82, 2.24) is 9.80 Å². The molecular formula is C21H28N2O4. The highest BCUT2D eigenvalue weighted by Gasteiger charge is 2.47. The molecule has 0 spiro atoms. The van der Waals surface area contributed by atoms with Crippen LogP contribution in [0.1, 0.15) is 44.6 Å². The first-order valence-corrected chi connectivity index (χ1v) is 9.78. The van der Waals surface area contributed by atoms with Crippen LogP contribution in [0.25, 0.3) is 0 Å². The van der Waals surface area contributed by atoms with Gasteiger partial charge >= 0.3 is 5.97 Å². The molecular weight excluding hydrogens is 344 g/mol. The number of carbonyl (C=O) groups is 3. The van der Waals surface area contributed by atoms with E-state index in [-0.39, 0.29) is 17.7 Å². The fourth-order valence-corrected chi connectivity index (χ4v) is 4.19. The Morgan fingerprint density at radius 1 is 1.11 bits per heavy atom. The van der Waals surface area contributed by atoms with E-state index in [0.717, 1.165) is 18.4 Å². The number of likely N-dealkylation sites (tertiary alicyclic amines) is 2. The smallest absolute Gasteiger partial charge is 0.329 e. The first kappa shape index (κ1) is 19.4. The predicted molar refractivity (Wildman–Crippen MR) is 101 cm³/mol. The van der Waals surface area contributed by atoms with Crippen molar-refractivity contribution in [3.63, 3.8) is 0 Å². The minimum atomic E-state index is -1.08. The number of carbonyl (C=O) groups excluding carboxylic acids is 2. The Bertz CT molecular complexity index is 697. The lowest BCUT2D eigenvalue weighted by molar-refractivity contribution is -0.157. The molecule has 1 atom stereocenters. The highest BCUT2D eigenvalue weighted by Crippen LogP contribution is 2.32. The van der Waals surface area contributed by atoms with Crippen molar-refractivity contribution < 1.29 is 19.5 Å². The topological polar surface area (TPSA) is 77.9 Å². The number of nitrogens with zero attached hydrogens (tertiary/aromatic N) is 2. The molecule has 1 N–H and O–H groups in total. The predicted octanol–water partition coefficient (Wildman–Crippen LogP) is 2.32. The summed E-state index contributed by atoms with van der Waals surface area (Å²) in [5.74, 6) is -1.04. The van der Waals surface area contributed by atoms with Crippen molar-refractivity contribution in [1.29, 1.82) is 0 Å². The van der Waals surface area contributed by atoms with Crippen LogP contribution in [0, 0.1) is 5.92 Å². The number of rotatable bonds is 5. The zero-order chi connectivity index (χ0) is 19.4. The molecule has 0 aromatic heterocycles. The number of piperidine rings is 1. The number of benzene rings is 1. The lowest BCUT2D eigenvalue weighted by Gasteiger charge is -2.37. The fourth-order valence-electron chi connectivity index (χ4n) is 4.19. The maximum absolute atomic E-state index is 12.9. The van der Waals surface area contributed by atoms with Crippen LogP contribution in [-0.4, -0.2) is 57.9 Å². The summed E-state index contributed by atoms with van der Waals surface area (Å²) in [5, 5.41) is 9.51. The summed E-state index contributed by atoms with van der Waals surface area (Å²) < 4.78 is 0. The molecule has 0 saturated carbocycles. The van der Waals surface area contributed by atoms with Gasteiger partial charge in [-0.1, -0.05) is 30.3 Å². The minimum absolute atomic E-state index is 0.0613. The van der Waals surface area contributed by atoms with Crippen LogP contribution in [0.4, 0.5) is 0 Å². The van der Waals surface area contributed by atoms with E-state index in [4.69, 9.17) is 0 Å². The van der Waals surface area contributed by atoms with Gasteiger partial charge in [-0.05, 0) is 44.6 Å². The van der Waals surface area contributed by atoms with Crippen LogP contribution >= 0.6 is 0 Å². The summed E-state index contributed by atoms with van der Waals surface area (Å²) in [5.41, 5.74) is 0.0672. The number of amides is 2. The van der Waals surface area contributed by atoms with Crippen LogP contribution in [-0.2, 0) is 20.8 Å². The van der Waals surface area contributed by atoms with Gasteiger partial charge in [-0.3, -0.25) is 9.59 Å². The van der Waals surface area contributed by atoms with Crippen LogP contribution in [0.3, 0.4) is 0 Å². The van der Waals surface area contributed by atoms with Crippen LogP contribution in [0.5, 0.6) is 0 Å². The van der Waals surface area contributed by atoms with Crippen molar-refractivity contribution in [3.8, 4) is 0 Å². The Balaban J connectivity index is 1.50. The van der Waals surface area contributed by atoms with Crippen LogP contribution in [0.15, 0.2) is 30.3 Å². The molecule has 0 radical (unpaired) electrons. The second-order valence-electron chi connectivity index (χ2n) is 7.81. The van der Waals surface area contributed by atoms with Gasteiger partial charge in [-0.25, -0.2) is 4.79 Å². The Kier molecular flexibility index (Phi) is 5.82. The SMILES string of the molecule is CC1(C(=O)O)CCCN1C(=O)C1CCN(C(=O)CCc2ccccc2)CC1. The van der Waals surface area contributed by atoms with Crippen molar-refractivity contribution in [2.45, 2.75) is 51.0 Å². The summed E-state index contributed by atoms with van der Waals surface area (Å²) >= 11 is 0. The number of hydrogen-bond acceptors (Lipinski definition) is 3. The zero-order valence-electron chi connectivity index (χ0n) is 15.9. The van der Waals surface area contributed by atoms with E-state index in [1.807, 2.05) is 35.2 Å². The largest absolute Gasteiger partial charge is 0.480 e. The quantitative estimate of drug-likeness (QED) is 0.860. The summed E-state index contributed by atoms with van der Waals surface area (Å²) in [6.45, 7) is 3.30. The molecule has 1 unspecified atom stereocenters. The Hall–Kier alpha value is -2.37. The van der Waals surface area contributed by atoms with Gasteiger partial charge in [-0.2, -0.15) is 0 Å². The third-order valence-electron chi connectivity index (χ3n) is 6.04. The minimum Gasteiger partial charge on any atom is -0.480 e. The molecule has 2 fully saturated rings. The van der Waals surface area contributed by atoms with Crippen molar-refractivity contribution in [3.05, 3.63) is 35.9 Å². The third kappa shape index (κ3) is 4.15. The lowest BCUT2D eigenvalue weighted by Crippen LogP contribution is -2.54. The number of aliphatic carboxylic acids is 1. The van der Waals surface area contributed by atoms with Gasteiger partial charge < -0.3 is 14.9 Å². The van der Waals surface area contributed by atoms with Crippen molar-refractivity contribution >= 4 is 17.8 Å². The number of carboxylic acids is 1. The molecule has 3 rings (SSSR count). The fraction of sp³-hybridized carbons (Fsp3) is 0.571. The van der Waals surface area contributed by atoms with E-state index in [2.05, 4.69) is 0 Å². The number of hydrogen-bond donors (Lipinski definition) is 1. The summed E-state index contributed by atoms with van der Waals surface area (Å²) in [4.78, 5) is 40.3. The number of carboxylic acid groups (broad SMARTS) is 1. The van der Waals surface area contributed by atoms with Gasteiger partial charge in [0.2, 0.25) is 11.8 Å². The Labute approximate surface area is 160 Å². The van der Waals surface area contributed by atoms with Gasteiger partial charge in [0.15, 0.2) is 0 Å². The highest BCUT2D eigenvalue weighted by atomic mass is 16.4. The number of aryl methyl sites for hydroxylation is 1. The molecule has 6 heteroatoms. The first-order chi connectivity index (χ1) is 12.9. The average Bonchev–Trinajstić information content (AvgIpc) is 3.09. The Morgan fingerprint density at radius 3 is 2.41 bits per heavy atom. The van der Waals surface area contributed by atoms with E-state index in [1.165, 1.54) is 0 Å². The molecule has 27 heavy (non-hydrogen) atoms. The molecule has 2 heterocycles. The summed E-state index contributed by atoms with van der Waals surface area (Å²) in [6.07, 6.45) is 3.66. The van der Waals surface area contributed by atoms with Gasteiger partial charge in [0.1, 0.15) is 5.54 Å². The molecule has 1 aromatic rings. The maximum Gasteiger partial charge on any atom is 0.329 e. The molecule has 1 aromatic carbocycles. The summed E-state index contributed by atoms with van der Waals surface area (Å²) in [6, 6.07) is 9.95. The van der Waals surface area contributed by atoms with E-state index in [0.29, 0.717) is 45.3 Å². The molecule has 146 valence electrons. The molecule has 6 nitrogen and oxygen atoms in total. The van der Waals surface area contributed by atoms with Crippen LogP contribution < -0.4 is 0 Å².